The molecule has 0 fully saturated rings. The maximum atomic E-state index is 12.1. The highest BCUT2D eigenvalue weighted by Gasteiger charge is 2.20. The van der Waals surface area contributed by atoms with Crippen LogP contribution in [-0.4, -0.2) is 23.6 Å². The van der Waals surface area contributed by atoms with Crippen molar-refractivity contribution in [1.82, 2.24) is 4.90 Å². The molecule has 0 radical (unpaired) electrons. The first-order valence-corrected chi connectivity index (χ1v) is 7.62. The van der Waals surface area contributed by atoms with Gasteiger partial charge >= 0.3 is 6.09 Å². The van der Waals surface area contributed by atoms with Gasteiger partial charge in [0.2, 0.25) is 0 Å². The summed E-state index contributed by atoms with van der Waals surface area (Å²) in [4.78, 5) is 13.7. The lowest BCUT2D eigenvalue weighted by molar-refractivity contribution is 0.0285. The summed E-state index contributed by atoms with van der Waals surface area (Å²) in [6.45, 7) is 6.73. The number of anilines is 1. The van der Waals surface area contributed by atoms with Crippen molar-refractivity contribution in [2.45, 2.75) is 39.5 Å². The molecule has 2 aromatic rings. The van der Waals surface area contributed by atoms with Crippen molar-refractivity contribution in [3.05, 3.63) is 54.0 Å². The minimum absolute atomic E-state index is 0.331. The number of para-hydroxylation sites is 1. The monoisotopic (exact) mass is 316 g/mol. The quantitative estimate of drug-likeness (QED) is 0.895. The third kappa shape index (κ3) is 5.36. The Bertz CT molecular complexity index is 630. The number of benzene rings is 1. The van der Waals surface area contributed by atoms with Crippen LogP contribution in [0.3, 0.4) is 0 Å². The van der Waals surface area contributed by atoms with Crippen LogP contribution >= 0.6 is 0 Å². The summed E-state index contributed by atoms with van der Waals surface area (Å²) in [5, 5.41) is 3.37. The van der Waals surface area contributed by atoms with Crippen molar-refractivity contribution in [3.8, 4) is 0 Å². The molecule has 0 spiro atoms. The van der Waals surface area contributed by atoms with Gasteiger partial charge in [0.1, 0.15) is 5.60 Å². The smallest absolute Gasteiger partial charge is 0.410 e. The Morgan fingerprint density at radius 1 is 1.26 bits per heavy atom. The summed E-state index contributed by atoms with van der Waals surface area (Å²) in [5.74, 6) is 0. The Kier molecular flexibility index (Phi) is 5.32. The molecule has 0 aliphatic rings. The SMILES string of the molecule is CN(Cc1ccccc1NCc1ccoc1)C(=O)OC(C)(C)C. The molecule has 0 atom stereocenters. The fourth-order valence-corrected chi connectivity index (χ4v) is 2.08. The van der Waals surface area contributed by atoms with E-state index in [1.165, 1.54) is 0 Å². The standard InChI is InChI=1S/C18H24N2O3/c1-18(2,3)23-17(21)20(4)12-15-7-5-6-8-16(15)19-11-14-9-10-22-13-14/h5-10,13,19H,11-12H2,1-4H3. The molecule has 0 aliphatic heterocycles. The fourth-order valence-electron chi connectivity index (χ4n) is 2.08. The Morgan fingerprint density at radius 2 is 2.00 bits per heavy atom. The van der Waals surface area contributed by atoms with Gasteiger partial charge in [-0.2, -0.15) is 0 Å². The molecule has 2 rings (SSSR count). The summed E-state index contributed by atoms with van der Waals surface area (Å²) in [6.07, 6.45) is 3.03. The highest BCUT2D eigenvalue weighted by Crippen LogP contribution is 2.19. The lowest BCUT2D eigenvalue weighted by Gasteiger charge is -2.25. The maximum absolute atomic E-state index is 12.1. The average molecular weight is 316 g/mol. The van der Waals surface area contributed by atoms with Crippen molar-refractivity contribution in [2.75, 3.05) is 12.4 Å². The molecule has 124 valence electrons. The van der Waals surface area contributed by atoms with Crippen LogP contribution in [0.2, 0.25) is 0 Å². The minimum atomic E-state index is -0.496. The molecule has 1 aromatic carbocycles. The number of nitrogens with zero attached hydrogens (tertiary/aromatic N) is 1. The molecule has 5 heteroatoms. The van der Waals surface area contributed by atoms with Gasteiger partial charge in [-0.3, -0.25) is 0 Å². The molecule has 0 saturated carbocycles. The Balaban J connectivity index is 2.00. The summed E-state index contributed by atoms with van der Waals surface area (Å²) in [5.41, 5.74) is 2.60. The Morgan fingerprint density at radius 3 is 2.65 bits per heavy atom. The van der Waals surface area contributed by atoms with Crippen molar-refractivity contribution in [3.63, 3.8) is 0 Å². The van der Waals surface area contributed by atoms with E-state index in [0.717, 1.165) is 16.8 Å². The van der Waals surface area contributed by atoms with Crippen LogP contribution in [0.5, 0.6) is 0 Å². The van der Waals surface area contributed by atoms with Crippen LogP contribution in [0.1, 0.15) is 31.9 Å². The van der Waals surface area contributed by atoms with Gasteiger partial charge in [0.15, 0.2) is 0 Å². The van der Waals surface area contributed by atoms with Gasteiger partial charge in [0, 0.05) is 24.8 Å². The first-order valence-electron chi connectivity index (χ1n) is 7.62. The largest absolute Gasteiger partial charge is 0.472 e. The number of hydrogen-bond acceptors (Lipinski definition) is 4. The van der Waals surface area contributed by atoms with Gasteiger partial charge < -0.3 is 19.4 Å². The zero-order valence-corrected chi connectivity index (χ0v) is 14.1. The van der Waals surface area contributed by atoms with Crippen molar-refractivity contribution < 1.29 is 13.9 Å². The average Bonchev–Trinajstić information content (AvgIpc) is 2.98. The fraction of sp³-hybridized carbons (Fsp3) is 0.389. The number of carbonyl (C=O) groups is 1. The molecule has 0 aliphatic carbocycles. The van der Waals surface area contributed by atoms with E-state index in [4.69, 9.17) is 9.15 Å². The predicted molar refractivity (Wildman–Crippen MR) is 90.2 cm³/mol. The van der Waals surface area contributed by atoms with Gasteiger partial charge in [-0.25, -0.2) is 4.79 Å². The van der Waals surface area contributed by atoms with E-state index in [0.29, 0.717) is 13.1 Å². The molecule has 1 heterocycles. The Labute approximate surface area is 137 Å². The van der Waals surface area contributed by atoms with Crippen LogP contribution in [-0.2, 0) is 17.8 Å². The second kappa shape index (κ2) is 7.22. The third-order valence-corrected chi connectivity index (χ3v) is 3.19. The van der Waals surface area contributed by atoms with Gasteiger partial charge in [0.25, 0.3) is 0 Å². The first kappa shape index (κ1) is 16.9. The summed E-state index contributed by atoms with van der Waals surface area (Å²) < 4.78 is 10.5. The molecule has 1 aromatic heterocycles. The van der Waals surface area contributed by atoms with E-state index >= 15 is 0 Å². The van der Waals surface area contributed by atoms with Crippen LogP contribution in [0.25, 0.3) is 0 Å². The Hall–Kier alpha value is -2.43. The van der Waals surface area contributed by atoms with Crippen molar-refractivity contribution in [2.24, 2.45) is 0 Å². The van der Waals surface area contributed by atoms with Gasteiger partial charge in [-0.1, -0.05) is 18.2 Å². The van der Waals surface area contributed by atoms with E-state index < -0.39 is 5.60 Å². The summed E-state index contributed by atoms with van der Waals surface area (Å²) in [7, 11) is 1.74. The second-order valence-electron chi connectivity index (χ2n) is 6.48. The molecule has 1 amide bonds. The highest BCUT2D eigenvalue weighted by molar-refractivity contribution is 5.68. The number of amides is 1. The van der Waals surface area contributed by atoms with E-state index in [1.807, 2.05) is 51.1 Å². The molecular formula is C18H24N2O3. The molecular weight excluding hydrogens is 292 g/mol. The number of nitrogens with one attached hydrogen (secondary N) is 1. The normalized spacial score (nSPS) is 11.1. The lowest BCUT2D eigenvalue weighted by atomic mass is 10.1. The first-order chi connectivity index (χ1) is 10.8. The molecule has 5 nitrogen and oxygen atoms in total. The zero-order chi connectivity index (χ0) is 16.9. The third-order valence-electron chi connectivity index (χ3n) is 3.19. The van der Waals surface area contributed by atoms with E-state index in [2.05, 4.69) is 5.32 Å². The van der Waals surface area contributed by atoms with Crippen molar-refractivity contribution in [1.29, 1.82) is 0 Å². The van der Waals surface area contributed by atoms with Crippen LogP contribution in [0.15, 0.2) is 47.3 Å². The summed E-state index contributed by atoms with van der Waals surface area (Å²) in [6, 6.07) is 9.84. The maximum Gasteiger partial charge on any atom is 0.410 e. The summed E-state index contributed by atoms with van der Waals surface area (Å²) >= 11 is 0. The molecule has 1 N–H and O–H groups in total. The molecule has 0 unspecified atom stereocenters. The predicted octanol–water partition coefficient (Wildman–Crippen LogP) is 4.26. The lowest BCUT2D eigenvalue weighted by Crippen LogP contribution is -2.33. The number of furan rings is 1. The number of ether oxygens (including phenoxy) is 1. The minimum Gasteiger partial charge on any atom is -0.472 e. The van der Waals surface area contributed by atoms with E-state index in [-0.39, 0.29) is 6.09 Å². The second-order valence-corrected chi connectivity index (χ2v) is 6.48. The van der Waals surface area contributed by atoms with Gasteiger partial charge in [0.05, 0.1) is 19.1 Å². The highest BCUT2D eigenvalue weighted by atomic mass is 16.6. The van der Waals surface area contributed by atoms with E-state index in [1.54, 1.807) is 24.5 Å². The number of hydrogen-bond donors (Lipinski definition) is 1. The van der Waals surface area contributed by atoms with Crippen LogP contribution < -0.4 is 5.32 Å². The number of rotatable bonds is 5. The van der Waals surface area contributed by atoms with Gasteiger partial charge in [-0.15, -0.1) is 0 Å². The topological polar surface area (TPSA) is 54.7 Å². The van der Waals surface area contributed by atoms with Crippen molar-refractivity contribution >= 4 is 11.8 Å². The molecule has 0 saturated heterocycles. The van der Waals surface area contributed by atoms with Crippen LogP contribution in [0.4, 0.5) is 10.5 Å². The van der Waals surface area contributed by atoms with Crippen LogP contribution in [0, 0.1) is 0 Å². The molecule has 23 heavy (non-hydrogen) atoms. The number of carbonyl (C=O) groups excluding carboxylic acids is 1. The van der Waals surface area contributed by atoms with Gasteiger partial charge in [-0.05, 0) is 38.5 Å². The molecule has 0 bridgehead atoms. The zero-order valence-electron chi connectivity index (χ0n) is 14.1. The van der Waals surface area contributed by atoms with E-state index in [9.17, 15) is 4.79 Å².